The molecule has 1 aliphatic heterocycles. The van der Waals surface area contributed by atoms with Gasteiger partial charge in [-0.2, -0.15) is 0 Å². The molecule has 0 aromatic heterocycles. The summed E-state index contributed by atoms with van der Waals surface area (Å²) in [7, 11) is 0. The molecular weight excluding hydrogens is 258 g/mol. The summed E-state index contributed by atoms with van der Waals surface area (Å²) < 4.78 is 5.43. The second-order valence-electron chi connectivity index (χ2n) is 7.55. The molecule has 1 saturated heterocycles. The Bertz CT molecular complexity index is 424. The summed E-state index contributed by atoms with van der Waals surface area (Å²) in [5.74, 6) is -1.07. The van der Waals surface area contributed by atoms with Crippen molar-refractivity contribution in [3.63, 3.8) is 0 Å². The van der Waals surface area contributed by atoms with E-state index in [0.717, 1.165) is 12.8 Å². The van der Waals surface area contributed by atoms with E-state index in [1.54, 1.807) is 4.90 Å². The number of carboxylic acids is 1. The topological polar surface area (TPSA) is 66.8 Å². The largest absolute Gasteiger partial charge is 0.481 e. The molecule has 2 aliphatic rings. The number of amides is 1. The lowest BCUT2D eigenvalue weighted by Gasteiger charge is -2.29. The number of carboxylic acid groups (broad SMARTS) is 1. The van der Waals surface area contributed by atoms with Crippen LogP contribution in [0.3, 0.4) is 0 Å². The molecule has 0 spiro atoms. The van der Waals surface area contributed by atoms with Crippen LogP contribution in [0.5, 0.6) is 0 Å². The summed E-state index contributed by atoms with van der Waals surface area (Å²) >= 11 is 0. The van der Waals surface area contributed by atoms with Gasteiger partial charge in [-0.3, -0.25) is 4.79 Å². The van der Waals surface area contributed by atoms with Crippen LogP contribution >= 0.6 is 0 Å². The minimum Gasteiger partial charge on any atom is -0.481 e. The molecule has 1 heterocycles. The minimum atomic E-state index is -0.754. The fraction of sp³-hybridized carbons (Fsp3) is 0.867. The van der Waals surface area contributed by atoms with Crippen LogP contribution in [0.15, 0.2) is 0 Å². The average molecular weight is 283 g/mol. The Morgan fingerprint density at radius 1 is 1.30 bits per heavy atom. The van der Waals surface area contributed by atoms with Gasteiger partial charge in [0.25, 0.3) is 0 Å². The average Bonchev–Trinajstić information content (AvgIpc) is 2.66. The number of hydrogen-bond acceptors (Lipinski definition) is 3. The molecule has 20 heavy (non-hydrogen) atoms. The second kappa shape index (κ2) is 4.64. The van der Waals surface area contributed by atoms with Gasteiger partial charge in [-0.25, -0.2) is 4.79 Å². The van der Waals surface area contributed by atoms with Crippen LogP contribution in [0.25, 0.3) is 0 Å². The molecule has 1 aliphatic carbocycles. The first-order valence-corrected chi connectivity index (χ1v) is 7.28. The highest BCUT2D eigenvalue weighted by molar-refractivity contribution is 5.76. The maximum Gasteiger partial charge on any atom is 0.410 e. The van der Waals surface area contributed by atoms with Gasteiger partial charge in [-0.1, -0.05) is 13.8 Å². The number of rotatable bonds is 2. The summed E-state index contributed by atoms with van der Waals surface area (Å²) in [4.78, 5) is 25.3. The highest BCUT2D eigenvalue weighted by Crippen LogP contribution is 2.62. The Labute approximate surface area is 120 Å². The first-order chi connectivity index (χ1) is 9.05. The number of nitrogens with zero attached hydrogens (tertiary/aromatic N) is 1. The fourth-order valence-electron chi connectivity index (χ4n) is 3.58. The van der Waals surface area contributed by atoms with Gasteiger partial charge in [-0.05, 0) is 44.9 Å². The lowest BCUT2D eigenvalue weighted by atomic mass is 10.0. The zero-order valence-electron chi connectivity index (χ0n) is 13.0. The summed E-state index contributed by atoms with van der Waals surface area (Å²) in [6.07, 6.45) is 1.48. The number of likely N-dealkylation sites (tertiary alicyclic amines) is 1. The van der Waals surface area contributed by atoms with Crippen LogP contribution < -0.4 is 0 Å². The van der Waals surface area contributed by atoms with E-state index in [0.29, 0.717) is 6.54 Å². The summed E-state index contributed by atoms with van der Waals surface area (Å²) in [6, 6.07) is 0.000880. The number of carbonyl (C=O) groups excluding carboxylic acids is 1. The van der Waals surface area contributed by atoms with Crippen molar-refractivity contribution in [1.29, 1.82) is 0 Å². The number of aliphatic carboxylic acids is 1. The van der Waals surface area contributed by atoms with E-state index in [9.17, 15) is 14.7 Å². The zero-order valence-corrected chi connectivity index (χ0v) is 13.0. The second-order valence-corrected chi connectivity index (χ2v) is 7.55. The van der Waals surface area contributed by atoms with E-state index in [-0.39, 0.29) is 29.4 Å². The number of ether oxygens (including phenoxy) is 1. The van der Waals surface area contributed by atoms with Crippen molar-refractivity contribution in [2.75, 3.05) is 6.54 Å². The van der Waals surface area contributed by atoms with Crippen LogP contribution in [0.1, 0.15) is 47.5 Å². The normalized spacial score (nSPS) is 32.0. The monoisotopic (exact) mass is 283 g/mol. The Morgan fingerprint density at radius 3 is 2.35 bits per heavy atom. The fourth-order valence-corrected chi connectivity index (χ4v) is 3.58. The van der Waals surface area contributed by atoms with Crippen LogP contribution in [-0.2, 0) is 9.53 Å². The van der Waals surface area contributed by atoms with E-state index in [1.165, 1.54) is 0 Å². The molecule has 1 amide bonds. The Hall–Kier alpha value is -1.26. The molecule has 2 rings (SSSR count). The molecule has 3 atom stereocenters. The zero-order chi connectivity index (χ0) is 15.3. The summed E-state index contributed by atoms with van der Waals surface area (Å²) in [5, 5.41) is 9.30. The summed E-state index contributed by atoms with van der Waals surface area (Å²) in [6.45, 7) is 10.1. The molecule has 5 nitrogen and oxygen atoms in total. The third kappa shape index (κ3) is 2.63. The van der Waals surface area contributed by atoms with Crippen LogP contribution in [-0.4, -0.2) is 40.3 Å². The SMILES string of the molecule is CC(C)(C)OC(=O)N1CCCC1C1C(C(=O)O)C1(C)C. The predicted octanol–water partition coefficient (Wildman–Crippen LogP) is 2.74. The first kappa shape index (κ1) is 15.1. The maximum absolute atomic E-state index is 12.2. The van der Waals surface area contributed by atoms with Crippen molar-refractivity contribution in [3.8, 4) is 0 Å². The van der Waals surface area contributed by atoms with Crippen molar-refractivity contribution >= 4 is 12.1 Å². The quantitative estimate of drug-likeness (QED) is 0.846. The highest BCUT2D eigenvalue weighted by atomic mass is 16.6. The van der Waals surface area contributed by atoms with E-state index < -0.39 is 11.6 Å². The summed E-state index contributed by atoms with van der Waals surface area (Å²) in [5.41, 5.74) is -0.753. The molecule has 1 saturated carbocycles. The van der Waals surface area contributed by atoms with Gasteiger partial charge in [0, 0.05) is 12.6 Å². The molecular formula is C15H25NO4. The van der Waals surface area contributed by atoms with Crippen molar-refractivity contribution in [2.24, 2.45) is 17.3 Å². The Balaban J connectivity index is 2.09. The van der Waals surface area contributed by atoms with E-state index in [2.05, 4.69) is 0 Å². The van der Waals surface area contributed by atoms with Crippen molar-refractivity contribution in [2.45, 2.75) is 59.1 Å². The van der Waals surface area contributed by atoms with Gasteiger partial charge in [0.05, 0.1) is 5.92 Å². The van der Waals surface area contributed by atoms with E-state index in [1.807, 2.05) is 34.6 Å². The lowest BCUT2D eigenvalue weighted by molar-refractivity contribution is -0.139. The molecule has 114 valence electrons. The van der Waals surface area contributed by atoms with Gasteiger partial charge in [0.2, 0.25) is 0 Å². The van der Waals surface area contributed by atoms with Crippen LogP contribution in [0.4, 0.5) is 4.79 Å². The molecule has 1 N–H and O–H groups in total. The van der Waals surface area contributed by atoms with Crippen LogP contribution in [0.2, 0.25) is 0 Å². The lowest BCUT2D eigenvalue weighted by Crippen LogP contribution is -2.41. The van der Waals surface area contributed by atoms with E-state index >= 15 is 0 Å². The molecule has 3 unspecified atom stereocenters. The molecule has 0 aromatic rings. The Kier molecular flexibility index (Phi) is 3.51. The minimum absolute atomic E-state index is 0.000880. The van der Waals surface area contributed by atoms with Gasteiger partial charge in [0.15, 0.2) is 0 Å². The smallest absolute Gasteiger partial charge is 0.410 e. The van der Waals surface area contributed by atoms with Gasteiger partial charge in [-0.15, -0.1) is 0 Å². The van der Waals surface area contributed by atoms with Crippen LogP contribution in [0, 0.1) is 17.3 Å². The first-order valence-electron chi connectivity index (χ1n) is 7.28. The van der Waals surface area contributed by atoms with E-state index in [4.69, 9.17) is 4.74 Å². The molecule has 5 heteroatoms. The molecule has 0 radical (unpaired) electrons. The molecule has 2 fully saturated rings. The third-order valence-corrected chi connectivity index (χ3v) is 4.52. The number of hydrogen-bond donors (Lipinski definition) is 1. The molecule has 0 bridgehead atoms. The van der Waals surface area contributed by atoms with Gasteiger partial charge in [0.1, 0.15) is 5.60 Å². The number of carbonyl (C=O) groups is 2. The third-order valence-electron chi connectivity index (χ3n) is 4.52. The van der Waals surface area contributed by atoms with Crippen molar-refractivity contribution in [3.05, 3.63) is 0 Å². The maximum atomic E-state index is 12.2. The predicted molar refractivity (Wildman–Crippen MR) is 74.4 cm³/mol. The van der Waals surface area contributed by atoms with Crippen molar-refractivity contribution < 1.29 is 19.4 Å². The van der Waals surface area contributed by atoms with Gasteiger partial charge < -0.3 is 14.7 Å². The van der Waals surface area contributed by atoms with Gasteiger partial charge >= 0.3 is 12.1 Å². The highest BCUT2D eigenvalue weighted by Gasteiger charge is 2.66. The Morgan fingerprint density at radius 2 is 1.90 bits per heavy atom. The van der Waals surface area contributed by atoms with Crippen molar-refractivity contribution in [1.82, 2.24) is 4.90 Å². The molecule has 0 aromatic carbocycles. The standard InChI is InChI=1S/C15H25NO4/c1-14(2,3)20-13(19)16-8-6-7-9(16)10-11(12(17)18)15(10,4)5/h9-11H,6-8H2,1-5H3,(H,17,18).